The summed E-state index contributed by atoms with van der Waals surface area (Å²) < 4.78 is 5.51. The van der Waals surface area contributed by atoms with E-state index in [0.29, 0.717) is 6.54 Å². The van der Waals surface area contributed by atoms with Gasteiger partial charge in [-0.3, -0.25) is 4.79 Å². The number of ether oxygens (including phenoxy) is 1. The van der Waals surface area contributed by atoms with Crippen molar-refractivity contribution in [3.63, 3.8) is 0 Å². The molecule has 1 saturated carbocycles. The smallest absolute Gasteiger partial charge is 0.269 e. The molecule has 104 valence electrons. The van der Waals surface area contributed by atoms with Crippen molar-refractivity contribution in [2.24, 2.45) is 0 Å². The third-order valence-corrected chi connectivity index (χ3v) is 6.36. The third kappa shape index (κ3) is 4.47. The van der Waals surface area contributed by atoms with Crippen molar-refractivity contribution in [2.75, 3.05) is 25.2 Å². The first-order valence-corrected chi connectivity index (χ1v) is 9.12. The number of carbonyl (C=O) groups excluding carboxylic acids is 1. The van der Waals surface area contributed by atoms with E-state index >= 15 is 0 Å². The van der Waals surface area contributed by atoms with Gasteiger partial charge in [-0.15, -0.1) is 0 Å². The number of hydrogen-bond donors (Lipinski definition) is 1. The van der Waals surface area contributed by atoms with Gasteiger partial charge >= 0.3 is 0 Å². The Bertz CT molecular complexity index is 261. The molecule has 0 aromatic heterocycles. The maximum absolute atomic E-state index is 11.9. The second-order valence-electron chi connectivity index (χ2n) is 5.53. The normalized spacial score (nSPS) is 27.1. The number of carbonyl (C=O) groups is 1. The lowest BCUT2D eigenvalue weighted by atomic mass is 10.0. The first kappa shape index (κ1) is 14.2. The maximum atomic E-state index is 11.9. The van der Waals surface area contributed by atoms with E-state index in [9.17, 15) is 4.79 Å². The Morgan fingerprint density at radius 1 is 1.22 bits per heavy atom. The van der Waals surface area contributed by atoms with Crippen LogP contribution in [0, 0.1) is 0 Å². The summed E-state index contributed by atoms with van der Waals surface area (Å²) in [5, 5.41) is 3.84. The molecule has 1 aliphatic heterocycles. The molecule has 1 saturated heterocycles. The molecule has 0 aromatic rings. The van der Waals surface area contributed by atoms with Gasteiger partial charge in [0.25, 0.3) is 5.91 Å². The summed E-state index contributed by atoms with van der Waals surface area (Å²) in [5.74, 6) is 0.944. The van der Waals surface area contributed by atoms with E-state index < -0.39 is 0 Å². The highest BCUT2D eigenvalue weighted by atomic mass is 32.2. The monoisotopic (exact) mass is 272 g/mol. The molecule has 1 amide bonds. The molecule has 0 bridgehead atoms. The summed E-state index contributed by atoms with van der Waals surface area (Å²) >= 11 is 0. The van der Waals surface area contributed by atoms with Crippen LogP contribution in [0.4, 0.5) is 0 Å². The summed E-state index contributed by atoms with van der Waals surface area (Å²) in [7, 11) is 0.258. The fourth-order valence-corrected chi connectivity index (χ4v) is 4.77. The predicted octanol–water partition coefficient (Wildman–Crippen LogP) is 1.86. The second kappa shape index (κ2) is 7.39. The van der Waals surface area contributed by atoms with Gasteiger partial charge in [0.05, 0.1) is 12.4 Å². The minimum Gasteiger partial charge on any atom is -0.376 e. The third-order valence-electron chi connectivity index (χ3n) is 4.03. The van der Waals surface area contributed by atoms with Crippen molar-refractivity contribution in [3.05, 3.63) is 0 Å². The van der Waals surface area contributed by atoms with E-state index in [4.69, 9.17) is 4.74 Å². The molecule has 18 heavy (non-hydrogen) atoms. The SMILES string of the molecule is C[S+](CC(=O)NCC1CCCO1)C1CCCCC1. The van der Waals surface area contributed by atoms with E-state index in [1.165, 1.54) is 32.1 Å². The molecule has 2 rings (SSSR count). The average Bonchev–Trinajstić information content (AvgIpc) is 2.90. The molecule has 2 fully saturated rings. The van der Waals surface area contributed by atoms with Gasteiger partial charge in [0.2, 0.25) is 0 Å². The van der Waals surface area contributed by atoms with Gasteiger partial charge < -0.3 is 10.1 Å². The summed E-state index contributed by atoms with van der Waals surface area (Å²) in [6.45, 7) is 1.57. The van der Waals surface area contributed by atoms with Crippen molar-refractivity contribution in [1.82, 2.24) is 5.32 Å². The molecule has 0 aromatic carbocycles. The van der Waals surface area contributed by atoms with E-state index in [2.05, 4.69) is 11.6 Å². The molecule has 1 aliphatic carbocycles. The van der Waals surface area contributed by atoms with Crippen LogP contribution in [0.1, 0.15) is 44.9 Å². The van der Waals surface area contributed by atoms with Crippen LogP contribution in [0.3, 0.4) is 0 Å². The van der Waals surface area contributed by atoms with Crippen molar-refractivity contribution < 1.29 is 9.53 Å². The van der Waals surface area contributed by atoms with E-state index in [0.717, 1.165) is 30.5 Å². The Labute approximate surface area is 113 Å². The summed E-state index contributed by atoms with van der Waals surface area (Å²) in [6, 6.07) is 0. The zero-order valence-corrected chi connectivity index (χ0v) is 12.3. The number of rotatable bonds is 5. The zero-order valence-electron chi connectivity index (χ0n) is 11.5. The highest BCUT2D eigenvalue weighted by molar-refractivity contribution is 7.97. The minimum atomic E-state index is 0.224. The highest BCUT2D eigenvalue weighted by Crippen LogP contribution is 2.24. The molecule has 4 heteroatoms. The van der Waals surface area contributed by atoms with Crippen molar-refractivity contribution in [3.8, 4) is 0 Å². The standard InChI is InChI=1S/C14H25NO2S/c1-18(13-7-3-2-4-8-13)11-14(16)15-10-12-6-5-9-17-12/h12-13H,2-11H2,1H3/p+1. The van der Waals surface area contributed by atoms with E-state index in [-0.39, 0.29) is 22.9 Å². The quantitative estimate of drug-likeness (QED) is 0.776. The summed E-state index contributed by atoms with van der Waals surface area (Å²) in [5.41, 5.74) is 0. The lowest BCUT2D eigenvalue weighted by Gasteiger charge is -2.20. The fraction of sp³-hybridized carbons (Fsp3) is 0.929. The van der Waals surface area contributed by atoms with Crippen LogP contribution in [0.15, 0.2) is 0 Å². The number of nitrogens with one attached hydrogen (secondary N) is 1. The molecule has 2 unspecified atom stereocenters. The van der Waals surface area contributed by atoms with Crippen LogP contribution in [-0.2, 0) is 20.4 Å². The lowest BCUT2D eigenvalue weighted by molar-refractivity contribution is -0.119. The van der Waals surface area contributed by atoms with Gasteiger partial charge in [-0.2, -0.15) is 0 Å². The molecule has 2 aliphatic rings. The van der Waals surface area contributed by atoms with Crippen LogP contribution >= 0.6 is 0 Å². The second-order valence-corrected chi connectivity index (χ2v) is 7.87. The van der Waals surface area contributed by atoms with Gasteiger partial charge in [0, 0.05) is 13.2 Å². The maximum Gasteiger partial charge on any atom is 0.269 e. The number of amides is 1. The van der Waals surface area contributed by atoms with Gasteiger partial charge in [-0.05, 0) is 49.4 Å². The van der Waals surface area contributed by atoms with Crippen molar-refractivity contribution in [2.45, 2.75) is 56.3 Å². The summed E-state index contributed by atoms with van der Waals surface area (Å²) in [6.07, 6.45) is 11.5. The summed E-state index contributed by atoms with van der Waals surface area (Å²) in [4.78, 5) is 11.9. The minimum absolute atomic E-state index is 0.224. The topological polar surface area (TPSA) is 38.3 Å². The van der Waals surface area contributed by atoms with Crippen LogP contribution in [0.2, 0.25) is 0 Å². The van der Waals surface area contributed by atoms with Crippen LogP contribution in [0.5, 0.6) is 0 Å². The molecule has 3 nitrogen and oxygen atoms in total. The Hall–Kier alpha value is -0.220. The first-order chi connectivity index (χ1) is 8.75. The Morgan fingerprint density at radius 3 is 2.67 bits per heavy atom. The first-order valence-electron chi connectivity index (χ1n) is 7.25. The molecule has 1 heterocycles. The van der Waals surface area contributed by atoms with E-state index in [1.807, 2.05) is 0 Å². The molecular formula is C14H26NO2S+. The Balaban J connectivity index is 1.62. The molecule has 1 N–H and O–H groups in total. The van der Waals surface area contributed by atoms with Crippen molar-refractivity contribution in [1.29, 1.82) is 0 Å². The predicted molar refractivity (Wildman–Crippen MR) is 77.0 cm³/mol. The Morgan fingerprint density at radius 2 is 2.00 bits per heavy atom. The average molecular weight is 272 g/mol. The van der Waals surface area contributed by atoms with Gasteiger partial charge in [-0.1, -0.05) is 6.42 Å². The lowest BCUT2D eigenvalue weighted by Crippen LogP contribution is -2.38. The van der Waals surface area contributed by atoms with Gasteiger partial charge in [-0.25, -0.2) is 0 Å². The fourth-order valence-electron chi connectivity index (χ4n) is 2.88. The highest BCUT2D eigenvalue weighted by Gasteiger charge is 2.30. The zero-order chi connectivity index (χ0) is 12.8. The number of hydrogen-bond acceptors (Lipinski definition) is 2. The van der Waals surface area contributed by atoms with Gasteiger partial charge in [0.1, 0.15) is 5.25 Å². The molecule has 0 spiro atoms. The van der Waals surface area contributed by atoms with E-state index in [1.54, 1.807) is 0 Å². The largest absolute Gasteiger partial charge is 0.376 e. The Kier molecular flexibility index (Phi) is 5.83. The van der Waals surface area contributed by atoms with Gasteiger partial charge in [0.15, 0.2) is 5.75 Å². The van der Waals surface area contributed by atoms with Crippen LogP contribution in [-0.4, -0.2) is 42.4 Å². The van der Waals surface area contributed by atoms with Crippen molar-refractivity contribution >= 4 is 16.8 Å². The van der Waals surface area contributed by atoms with Crippen LogP contribution < -0.4 is 5.32 Å². The molecular weight excluding hydrogens is 246 g/mol. The molecule has 2 atom stereocenters. The molecule has 0 radical (unpaired) electrons. The van der Waals surface area contributed by atoms with Crippen LogP contribution in [0.25, 0.3) is 0 Å².